The Morgan fingerprint density at radius 1 is 0.742 bits per heavy atom. The molecular weight excluding hydrogens is 777 g/mol. The lowest BCUT2D eigenvalue weighted by atomic mass is 9.93. The van der Waals surface area contributed by atoms with Crippen LogP contribution in [0.1, 0.15) is 77.5 Å². The van der Waals surface area contributed by atoms with Gasteiger partial charge in [0.2, 0.25) is 23.7 Å². The molecule has 3 aliphatic rings. The van der Waals surface area contributed by atoms with Crippen molar-refractivity contribution in [3.05, 3.63) is 109 Å². The Morgan fingerprint density at radius 3 is 2.05 bits per heavy atom. The number of anilines is 2. The number of nitrogens with zero attached hydrogens (tertiary/aromatic N) is 8. The van der Waals surface area contributed by atoms with Gasteiger partial charge in [0, 0.05) is 43.4 Å². The molecule has 6 heterocycles. The van der Waals surface area contributed by atoms with Crippen LogP contribution in [0.25, 0.3) is 44.2 Å². The minimum absolute atomic E-state index is 0.0333. The van der Waals surface area contributed by atoms with Gasteiger partial charge in [-0.1, -0.05) is 58.0 Å². The van der Waals surface area contributed by atoms with E-state index in [9.17, 15) is 9.59 Å². The fourth-order valence-electron chi connectivity index (χ4n) is 9.98. The number of H-pyrrole nitrogens is 2. The Labute approximate surface area is 360 Å². The van der Waals surface area contributed by atoms with E-state index >= 15 is 0 Å². The molecule has 10 rings (SSSR count). The summed E-state index contributed by atoms with van der Waals surface area (Å²) in [7, 11) is 0. The molecule has 3 fully saturated rings. The number of amides is 2. The largest absolute Gasteiger partial charge is 0.342 e. The van der Waals surface area contributed by atoms with Gasteiger partial charge in [-0.05, 0) is 108 Å². The van der Waals surface area contributed by atoms with Crippen molar-refractivity contribution >= 4 is 45.5 Å². The zero-order chi connectivity index (χ0) is 42.5. The molecule has 0 radical (unpaired) electrons. The molecular formula is C48H52N12O2. The van der Waals surface area contributed by atoms with Gasteiger partial charge in [0.25, 0.3) is 0 Å². The van der Waals surface area contributed by atoms with Crippen molar-refractivity contribution in [1.29, 1.82) is 0 Å². The number of piperidine rings is 1. The Morgan fingerprint density at radius 2 is 1.37 bits per heavy atom. The van der Waals surface area contributed by atoms with Crippen molar-refractivity contribution in [2.24, 2.45) is 17.8 Å². The minimum atomic E-state index is -0.463. The quantitative estimate of drug-likeness (QED) is 0.0942. The molecule has 3 aromatic carbocycles. The van der Waals surface area contributed by atoms with E-state index in [-0.39, 0.29) is 29.7 Å². The summed E-state index contributed by atoms with van der Waals surface area (Å²) in [5.74, 6) is 3.22. The Hall–Kier alpha value is -6.70. The second-order valence-corrected chi connectivity index (χ2v) is 17.9. The Bertz CT molecular complexity index is 2750. The number of likely N-dealkylation sites (tertiary alicyclic amines) is 2. The van der Waals surface area contributed by atoms with Crippen LogP contribution in [0.15, 0.2) is 97.7 Å². The predicted molar refractivity (Wildman–Crippen MR) is 240 cm³/mol. The zero-order valence-corrected chi connectivity index (χ0v) is 35.5. The van der Waals surface area contributed by atoms with Crippen LogP contribution in [0.5, 0.6) is 0 Å². The van der Waals surface area contributed by atoms with Crippen molar-refractivity contribution in [3.8, 4) is 22.4 Å². The monoisotopic (exact) mass is 828 g/mol. The highest BCUT2D eigenvalue weighted by Gasteiger charge is 2.56. The maximum absolute atomic E-state index is 14.3. The average molecular weight is 829 g/mol. The van der Waals surface area contributed by atoms with E-state index in [0.717, 1.165) is 94.5 Å². The molecule has 4 N–H and O–H groups in total. The Kier molecular flexibility index (Phi) is 10.2. The van der Waals surface area contributed by atoms with Crippen molar-refractivity contribution < 1.29 is 9.59 Å². The van der Waals surface area contributed by atoms with Crippen molar-refractivity contribution in [1.82, 2.24) is 49.7 Å². The normalized spacial score (nSPS) is 20.7. The number of aromatic nitrogens is 8. The summed E-state index contributed by atoms with van der Waals surface area (Å²) < 4.78 is 0. The first-order valence-corrected chi connectivity index (χ1v) is 21.9. The minimum Gasteiger partial charge on any atom is -0.342 e. The summed E-state index contributed by atoms with van der Waals surface area (Å²) in [6.07, 6.45) is 13.3. The molecule has 7 aromatic rings. The topological polar surface area (TPSA) is 174 Å². The van der Waals surface area contributed by atoms with E-state index < -0.39 is 17.6 Å². The van der Waals surface area contributed by atoms with Gasteiger partial charge in [-0.25, -0.2) is 29.9 Å². The second-order valence-electron chi connectivity index (χ2n) is 17.9. The SMILES string of the molecule is CC(C)[C@H](Nc1ncccn1)C(=O)N1CCC[C@H]1c1nc2ccc(-c3ccc4cc(-c5cnc(C67CCC(CN6C(=O)[C@H](Nc6ncccn6)C(C)C)C7)[nH]5)ccc4c3)cc2[nH]1. The lowest BCUT2D eigenvalue weighted by Gasteiger charge is -2.40. The molecule has 2 saturated heterocycles. The first-order valence-electron chi connectivity index (χ1n) is 21.9. The maximum atomic E-state index is 14.3. The first kappa shape index (κ1) is 39.4. The van der Waals surface area contributed by atoms with Gasteiger partial charge < -0.3 is 30.4 Å². The van der Waals surface area contributed by atoms with Crippen LogP contribution in [-0.4, -0.2) is 86.7 Å². The van der Waals surface area contributed by atoms with Gasteiger partial charge in [-0.2, -0.15) is 0 Å². The van der Waals surface area contributed by atoms with Gasteiger partial charge >= 0.3 is 0 Å². The summed E-state index contributed by atoms with van der Waals surface area (Å²) in [6, 6.07) is 21.9. The number of nitrogens with one attached hydrogen (secondary N) is 4. The van der Waals surface area contributed by atoms with Crippen molar-refractivity contribution in [3.63, 3.8) is 0 Å². The highest BCUT2D eigenvalue weighted by molar-refractivity contribution is 5.92. The molecule has 1 saturated carbocycles. The van der Waals surface area contributed by atoms with Crippen LogP contribution < -0.4 is 10.6 Å². The molecule has 2 unspecified atom stereocenters. The molecule has 62 heavy (non-hydrogen) atoms. The smallest absolute Gasteiger partial charge is 0.246 e. The van der Waals surface area contributed by atoms with Crippen molar-refractivity contribution in [2.75, 3.05) is 23.7 Å². The maximum Gasteiger partial charge on any atom is 0.246 e. The molecule has 2 amide bonds. The number of imidazole rings is 2. The number of fused-ring (bicyclic) bond motifs is 4. The third-order valence-corrected chi connectivity index (χ3v) is 13.2. The number of carbonyl (C=O) groups is 2. The predicted octanol–water partition coefficient (Wildman–Crippen LogP) is 8.13. The molecule has 2 bridgehead atoms. The molecule has 4 aromatic heterocycles. The highest BCUT2D eigenvalue weighted by Crippen LogP contribution is 2.52. The molecule has 14 heteroatoms. The lowest BCUT2D eigenvalue weighted by molar-refractivity contribution is -0.139. The highest BCUT2D eigenvalue weighted by atomic mass is 16.2. The third kappa shape index (κ3) is 7.20. The van der Waals surface area contributed by atoms with Crippen LogP contribution in [-0.2, 0) is 15.1 Å². The van der Waals surface area contributed by atoms with Gasteiger partial charge in [-0.15, -0.1) is 0 Å². The van der Waals surface area contributed by atoms with Crippen LogP contribution in [0.2, 0.25) is 0 Å². The molecule has 1 aliphatic carbocycles. The first-order chi connectivity index (χ1) is 30.1. The van der Waals surface area contributed by atoms with Crippen LogP contribution in [0.3, 0.4) is 0 Å². The molecule has 0 spiro atoms. The zero-order valence-electron chi connectivity index (χ0n) is 35.5. The van der Waals surface area contributed by atoms with Crippen LogP contribution in [0, 0.1) is 17.8 Å². The number of benzene rings is 3. The van der Waals surface area contributed by atoms with E-state index in [4.69, 9.17) is 9.97 Å². The van der Waals surface area contributed by atoms with Crippen LogP contribution >= 0.6 is 0 Å². The van der Waals surface area contributed by atoms with E-state index in [1.165, 1.54) is 0 Å². The summed E-state index contributed by atoms with van der Waals surface area (Å²) in [5.41, 5.74) is 5.52. The number of aromatic amines is 2. The van der Waals surface area contributed by atoms with E-state index in [1.54, 1.807) is 36.9 Å². The third-order valence-electron chi connectivity index (χ3n) is 13.2. The number of rotatable bonds is 12. The van der Waals surface area contributed by atoms with Crippen molar-refractivity contribution in [2.45, 2.75) is 83.5 Å². The molecule has 5 atom stereocenters. The van der Waals surface area contributed by atoms with Gasteiger partial charge in [0.05, 0.1) is 29.0 Å². The van der Waals surface area contributed by atoms with Crippen LogP contribution in [0.4, 0.5) is 11.9 Å². The number of hydrogen-bond donors (Lipinski definition) is 4. The van der Waals surface area contributed by atoms with E-state index in [0.29, 0.717) is 24.4 Å². The lowest BCUT2D eigenvalue weighted by Crippen LogP contribution is -2.53. The fraction of sp³-hybridized carbons (Fsp3) is 0.375. The summed E-state index contributed by atoms with van der Waals surface area (Å²) in [4.78, 5) is 66.8. The molecule has 14 nitrogen and oxygen atoms in total. The van der Waals surface area contributed by atoms with Gasteiger partial charge in [0.15, 0.2) is 0 Å². The molecule has 316 valence electrons. The summed E-state index contributed by atoms with van der Waals surface area (Å²) >= 11 is 0. The van der Waals surface area contributed by atoms with Gasteiger partial charge in [0.1, 0.15) is 29.3 Å². The number of hydrogen-bond acceptors (Lipinski definition) is 10. The number of carbonyl (C=O) groups excluding carboxylic acids is 2. The average Bonchev–Trinajstić information content (AvgIpc) is 4.15. The fourth-order valence-corrected chi connectivity index (χ4v) is 9.98. The second kappa shape index (κ2) is 16.0. The van der Waals surface area contributed by atoms with Gasteiger partial charge in [-0.3, -0.25) is 9.59 Å². The van der Waals surface area contributed by atoms with E-state index in [2.05, 4.69) is 114 Å². The van der Waals surface area contributed by atoms with E-state index in [1.807, 2.05) is 24.9 Å². The standard InChI is InChI=1S/C48H52N12O2/c1-28(2)40(57-46-49-17-6-18-50-46)43(61)59-21-5-8-39(59)42-54-36-14-13-34(24-37(36)55-42)32-9-10-33-23-35(12-11-31(33)22-32)38-26-53-45(56-38)48-16-15-30(25-48)27-60(48)44(62)41(29(3)4)58-47-51-19-7-20-52-47/h6-7,9-14,17-20,22-24,26,28-30,39-41H,5,8,15-16,21,25,27H2,1-4H3,(H,53,56)(H,54,55)(H,49,50,57)(H,51,52,58)/t30?,39-,40-,41+,48?/m0/s1. The summed E-state index contributed by atoms with van der Waals surface area (Å²) in [5, 5.41) is 8.84. The molecule has 2 aliphatic heterocycles. The summed E-state index contributed by atoms with van der Waals surface area (Å²) in [6.45, 7) is 9.59. The Balaban J connectivity index is 0.862.